The van der Waals surface area contributed by atoms with Crippen molar-refractivity contribution >= 4 is 21.6 Å². The molecule has 0 aliphatic carbocycles. The van der Waals surface area contributed by atoms with Crippen LogP contribution in [0.5, 0.6) is 0 Å². The highest BCUT2D eigenvalue weighted by Gasteiger charge is 2.06. The molecule has 0 aliphatic rings. The molecule has 0 amide bonds. The molecule has 0 saturated heterocycles. The second-order valence-electron chi connectivity index (χ2n) is 4.58. The zero-order chi connectivity index (χ0) is 13.7. The molecule has 0 N–H and O–H groups in total. The average molecular weight is 319 g/mol. The molecular formula is C16H19BrN2. The Bertz CT molecular complexity index is 523. The Hall–Kier alpha value is -1.35. The molecule has 2 aromatic rings. The van der Waals surface area contributed by atoms with E-state index in [1.165, 1.54) is 11.3 Å². The van der Waals surface area contributed by atoms with E-state index in [4.69, 9.17) is 0 Å². The van der Waals surface area contributed by atoms with Crippen molar-refractivity contribution < 1.29 is 0 Å². The molecule has 0 saturated carbocycles. The van der Waals surface area contributed by atoms with Crippen molar-refractivity contribution in [2.75, 3.05) is 11.4 Å². The van der Waals surface area contributed by atoms with Gasteiger partial charge in [0.25, 0.3) is 0 Å². The normalized spacial score (nSPS) is 10.5. The topological polar surface area (TPSA) is 16.1 Å². The van der Waals surface area contributed by atoms with Gasteiger partial charge in [0.05, 0.1) is 12.2 Å². The van der Waals surface area contributed by atoms with E-state index in [-0.39, 0.29) is 0 Å². The van der Waals surface area contributed by atoms with Gasteiger partial charge >= 0.3 is 0 Å². The molecule has 0 atom stereocenters. The summed E-state index contributed by atoms with van der Waals surface area (Å²) in [4.78, 5) is 6.90. The van der Waals surface area contributed by atoms with Gasteiger partial charge in [-0.25, -0.2) is 0 Å². The molecule has 1 aromatic heterocycles. The Morgan fingerprint density at radius 2 is 1.84 bits per heavy atom. The number of aromatic nitrogens is 1. The van der Waals surface area contributed by atoms with E-state index in [2.05, 4.69) is 69.1 Å². The zero-order valence-electron chi connectivity index (χ0n) is 11.4. The van der Waals surface area contributed by atoms with E-state index in [1.54, 1.807) is 0 Å². The van der Waals surface area contributed by atoms with Gasteiger partial charge in [-0.05, 0) is 43.7 Å². The number of aryl methyl sites for hydroxylation is 1. The quantitative estimate of drug-likeness (QED) is 0.763. The Labute approximate surface area is 123 Å². The monoisotopic (exact) mass is 318 g/mol. The second kappa shape index (κ2) is 6.71. The van der Waals surface area contributed by atoms with Gasteiger partial charge in [0, 0.05) is 23.3 Å². The smallest absolute Gasteiger partial charge is 0.0602 e. The molecule has 1 heterocycles. The van der Waals surface area contributed by atoms with Crippen molar-refractivity contribution in [3.8, 4) is 0 Å². The van der Waals surface area contributed by atoms with E-state index in [1.807, 2.05) is 13.0 Å². The SMILES string of the molecule is CCN(Cc1cccc(C)n1)c1ccc(CBr)cc1. The minimum atomic E-state index is 0.853. The number of hydrogen-bond acceptors (Lipinski definition) is 2. The summed E-state index contributed by atoms with van der Waals surface area (Å²) in [6.45, 7) is 6.04. The molecule has 1 aromatic carbocycles. The van der Waals surface area contributed by atoms with Crippen LogP contribution in [-0.2, 0) is 11.9 Å². The summed E-state index contributed by atoms with van der Waals surface area (Å²) >= 11 is 3.47. The fourth-order valence-electron chi connectivity index (χ4n) is 2.06. The number of halogens is 1. The van der Waals surface area contributed by atoms with Crippen LogP contribution in [0.2, 0.25) is 0 Å². The number of benzene rings is 1. The Morgan fingerprint density at radius 1 is 1.11 bits per heavy atom. The molecule has 3 heteroatoms. The second-order valence-corrected chi connectivity index (χ2v) is 5.15. The van der Waals surface area contributed by atoms with Crippen LogP contribution < -0.4 is 4.90 Å². The van der Waals surface area contributed by atoms with E-state index in [0.717, 1.165) is 29.8 Å². The summed E-state index contributed by atoms with van der Waals surface area (Å²) in [6, 6.07) is 14.9. The molecule has 100 valence electrons. The van der Waals surface area contributed by atoms with Crippen LogP contribution >= 0.6 is 15.9 Å². The van der Waals surface area contributed by atoms with Crippen LogP contribution in [0.15, 0.2) is 42.5 Å². The lowest BCUT2D eigenvalue weighted by Crippen LogP contribution is -2.22. The summed E-state index contributed by atoms with van der Waals surface area (Å²) in [5.41, 5.74) is 4.73. The molecule has 19 heavy (non-hydrogen) atoms. The molecule has 0 aliphatic heterocycles. The summed E-state index contributed by atoms with van der Waals surface area (Å²) in [5.74, 6) is 0. The molecular weight excluding hydrogens is 300 g/mol. The van der Waals surface area contributed by atoms with Crippen molar-refractivity contribution in [2.45, 2.75) is 25.7 Å². The lowest BCUT2D eigenvalue weighted by molar-refractivity contribution is 0.805. The number of rotatable bonds is 5. The fourth-order valence-corrected chi connectivity index (χ4v) is 2.44. The van der Waals surface area contributed by atoms with Gasteiger partial charge in [-0.3, -0.25) is 4.98 Å². The van der Waals surface area contributed by atoms with Crippen LogP contribution in [-0.4, -0.2) is 11.5 Å². The van der Waals surface area contributed by atoms with Crippen molar-refractivity contribution in [3.63, 3.8) is 0 Å². The van der Waals surface area contributed by atoms with E-state index in [9.17, 15) is 0 Å². The maximum Gasteiger partial charge on any atom is 0.0602 e. The van der Waals surface area contributed by atoms with Gasteiger partial charge < -0.3 is 4.90 Å². The number of nitrogens with zero attached hydrogens (tertiary/aromatic N) is 2. The van der Waals surface area contributed by atoms with Crippen LogP contribution in [0.4, 0.5) is 5.69 Å². The first-order valence-corrected chi connectivity index (χ1v) is 7.67. The third-order valence-corrected chi connectivity index (χ3v) is 3.78. The van der Waals surface area contributed by atoms with Crippen molar-refractivity contribution in [2.24, 2.45) is 0 Å². The Kier molecular flexibility index (Phi) is 4.97. The van der Waals surface area contributed by atoms with Gasteiger partial charge in [-0.15, -0.1) is 0 Å². The third-order valence-electron chi connectivity index (χ3n) is 3.14. The highest BCUT2D eigenvalue weighted by Crippen LogP contribution is 2.18. The summed E-state index contributed by atoms with van der Waals surface area (Å²) in [6.07, 6.45) is 0. The maximum atomic E-state index is 4.57. The van der Waals surface area contributed by atoms with E-state index in [0.29, 0.717) is 0 Å². The summed E-state index contributed by atoms with van der Waals surface area (Å²) in [7, 11) is 0. The molecule has 0 fully saturated rings. The molecule has 2 nitrogen and oxygen atoms in total. The highest BCUT2D eigenvalue weighted by atomic mass is 79.9. The molecule has 0 spiro atoms. The fraction of sp³-hybridized carbons (Fsp3) is 0.312. The van der Waals surface area contributed by atoms with Crippen molar-refractivity contribution in [3.05, 3.63) is 59.4 Å². The van der Waals surface area contributed by atoms with Gasteiger partial charge in [0.1, 0.15) is 0 Å². The van der Waals surface area contributed by atoms with Crippen molar-refractivity contribution in [1.82, 2.24) is 4.98 Å². The number of alkyl halides is 1. The Balaban J connectivity index is 2.15. The van der Waals surface area contributed by atoms with Crippen LogP contribution in [0, 0.1) is 6.92 Å². The maximum absolute atomic E-state index is 4.57. The minimum Gasteiger partial charge on any atom is -0.366 e. The molecule has 2 rings (SSSR count). The predicted octanol–water partition coefficient (Wildman–Crippen LogP) is 4.31. The Morgan fingerprint density at radius 3 is 2.42 bits per heavy atom. The first-order valence-electron chi connectivity index (χ1n) is 6.55. The first-order chi connectivity index (χ1) is 9.22. The van der Waals surface area contributed by atoms with Crippen LogP contribution in [0.3, 0.4) is 0 Å². The average Bonchev–Trinajstić information content (AvgIpc) is 2.45. The zero-order valence-corrected chi connectivity index (χ0v) is 13.0. The lowest BCUT2D eigenvalue weighted by atomic mass is 10.2. The largest absolute Gasteiger partial charge is 0.366 e. The summed E-state index contributed by atoms with van der Waals surface area (Å²) < 4.78 is 0. The molecule has 0 unspecified atom stereocenters. The minimum absolute atomic E-state index is 0.853. The van der Waals surface area contributed by atoms with Gasteiger partial charge in [-0.1, -0.05) is 34.1 Å². The van der Waals surface area contributed by atoms with E-state index >= 15 is 0 Å². The highest BCUT2D eigenvalue weighted by molar-refractivity contribution is 9.08. The predicted molar refractivity (Wildman–Crippen MR) is 84.8 cm³/mol. The standard InChI is InChI=1S/C16H19BrN2/c1-3-19(12-15-6-4-5-13(2)18-15)16-9-7-14(11-17)8-10-16/h4-10H,3,11-12H2,1-2H3. The number of pyridine rings is 1. The van der Waals surface area contributed by atoms with Crippen molar-refractivity contribution in [1.29, 1.82) is 0 Å². The molecule has 0 bridgehead atoms. The third kappa shape index (κ3) is 3.80. The van der Waals surface area contributed by atoms with Gasteiger partial charge in [0.2, 0.25) is 0 Å². The first kappa shape index (κ1) is 14.1. The van der Waals surface area contributed by atoms with Gasteiger partial charge in [-0.2, -0.15) is 0 Å². The number of anilines is 1. The summed E-state index contributed by atoms with van der Waals surface area (Å²) in [5, 5.41) is 0.902. The molecule has 0 radical (unpaired) electrons. The number of hydrogen-bond donors (Lipinski definition) is 0. The van der Waals surface area contributed by atoms with Crippen LogP contribution in [0.25, 0.3) is 0 Å². The van der Waals surface area contributed by atoms with Crippen LogP contribution in [0.1, 0.15) is 23.9 Å². The van der Waals surface area contributed by atoms with E-state index < -0.39 is 0 Å². The lowest BCUT2D eigenvalue weighted by Gasteiger charge is -2.23. The van der Waals surface area contributed by atoms with Gasteiger partial charge in [0.15, 0.2) is 0 Å².